The highest BCUT2D eigenvalue weighted by molar-refractivity contribution is 5.49. The monoisotopic (exact) mass is 256 g/mol. The van der Waals surface area contributed by atoms with Gasteiger partial charge in [-0.05, 0) is 37.5 Å². The molecule has 0 heterocycles. The van der Waals surface area contributed by atoms with Crippen molar-refractivity contribution in [2.75, 3.05) is 11.9 Å². The van der Waals surface area contributed by atoms with E-state index in [1.54, 1.807) is 6.07 Å². The first-order valence-electron chi connectivity index (χ1n) is 5.74. The van der Waals surface area contributed by atoms with Gasteiger partial charge in [0.15, 0.2) is 0 Å². The van der Waals surface area contributed by atoms with E-state index in [9.17, 15) is 13.2 Å². The number of halogens is 3. The van der Waals surface area contributed by atoms with Crippen LogP contribution in [0.3, 0.4) is 0 Å². The van der Waals surface area contributed by atoms with E-state index in [2.05, 4.69) is 5.32 Å². The molecule has 0 aromatic heterocycles. The molecule has 18 heavy (non-hydrogen) atoms. The molecule has 0 aliphatic carbocycles. The van der Waals surface area contributed by atoms with Gasteiger partial charge >= 0.3 is 6.18 Å². The predicted molar refractivity (Wildman–Crippen MR) is 64.1 cm³/mol. The Labute approximate surface area is 104 Å². The summed E-state index contributed by atoms with van der Waals surface area (Å²) < 4.78 is 38.0. The summed E-state index contributed by atoms with van der Waals surface area (Å²) in [6.45, 7) is 2.02. The molecule has 1 aromatic rings. The van der Waals surface area contributed by atoms with E-state index in [-0.39, 0.29) is 5.56 Å². The van der Waals surface area contributed by atoms with E-state index in [0.717, 1.165) is 18.9 Å². The number of hydrogen-bond acceptors (Lipinski definition) is 2. The van der Waals surface area contributed by atoms with Crippen LogP contribution >= 0.6 is 0 Å². The molecule has 0 spiro atoms. The van der Waals surface area contributed by atoms with Crippen LogP contribution in [-0.2, 0) is 6.18 Å². The van der Waals surface area contributed by atoms with Crippen LogP contribution in [0.1, 0.15) is 30.4 Å². The summed E-state index contributed by atoms with van der Waals surface area (Å²) in [7, 11) is 0. The molecule has 0 aliphatic heterocycles. The number of alkyl halides is 3. The summed E-state index contributed by atoms with van der Waals surface area (Å²) in [5.41, 5.74) is 0.0759. The molecule has 0 saturated heterocycles. The lowest BCUT2D eigenvalue weighted by Gasteiger charge is -2.13. The zero-order chi connectivity index (χ0) is 13.6. The van der Waals surface area contributed by atoms with Crippen molar-refractivity contribution in [3.63, 3.8) is 0 Å². The average molecular weight is 256 g/mol. The Morgan fingerprint density at radius 2 is 2.00 bits per heavy atom. The molecule has 0 radical (unpaired) electrons. The lowest BCUT2D eigenvalue weighted by atomic mass is 10.1. The first-order valence-corrected chi connectivity index (χ1v) is 5.74. The van der Waals surface area contributed by atoms with Gasteiger partial charge in [-0.15, -0.1) is 0 Å². The minimum Gasteiger partial charge on any atom is -0.385 e. The zero-order valence-corrected chi connectivity index (χ0v) is 10.1. The van der Waals surface area contributed by atoms with Crippen LogP contribution in [0.2, 0.25) is 0 Å². The third-order valence-corrected chi connectivity index (χ3v) is 2.59. The molecule has 5 heteroatoms. The van der Waals surface area contributed by atoms with E-state index in [0.29, 0.717) is 18.7 Å². The second kappa shape index (κ2) is 6.29. The van der Waals surface area contributed by atoms with Crippen molar-refractivity contribution < 1.29 is 13.2 Å². The van der Waals surface area contributed by atoms with Crippen molar-refractivity contribution in [2.24, 2.45) is 0 Å². The number of anilines is 1. The van der Waals surface area contributed by atoms with Gasteiger partial charge in [0, 0.05) is 18.7 Å². The summed E-state index contributed by atoms with van der Waals surface area (Å²) >= 11 is 0. The number of rotatable bonds is 5. The maximum atomic E-state index is 12.7. The normalized spacial score (nSPS) is 11.1. The standard InChI is InChI=1S/C13H15F3N2/c1-10-5-6-11(9-12(10)13(14,15)16)18-8-4-2-3-7-17/h5-6,9,18H,2-4,8H2,1H3. The summed E-state index contributed by atoms with van der Waals surface area (Å²) in [5.74, 6) is 0. The van der Waals surface area contributed by atoms with Crippen LogP contribution in [0.15, 0.2) is 18.2 Å². The topological polar surface area (TPSA) is 35.8 Å². The van der Waals surface area contributed by atoms with Gasteiger partial charge in [0.2, 0.25) is 0 Å². The third kappa shape index (κ3) is 4.28. The van der Waals surface area contributed by atoms with E-state index < -0.39 is 11.7 Å². The number of benzene rings is 1. The molecule has 0 saturated carbocycles. The van der Waals surface area contributed by atoms with Gasteiger partial charge in [-0.25, -0.2) is 0 Å². The fourth-order valence-electron chi connectivity index (χ4n) is 1.60. The first-order chi connectivity index (χ1) is 8.45. The molecule has 1 rings (SSSR count). The van der Waals surface area contributed by atoms with Crippen LogP contribution in [0.4, 0.5) is 18.9 Å². The van der Waals surface area contributed by atoms with Crippen molar-refractivity contribution in [3.8, 4) is 6.07 Å². The van der Waals surface area contributed by atoms with Crippen molar-refractivity contribution in [1.82, 2.24) is 0 Å². The maximum absolute atomic E-state index is 12.7. The summed E-state index contributed by atoms with van der Waals surface area (Å²) in [6, 6.07) is 6.24. The van der Waals surface area contributed by atoms with E-state index in [1.165, 1.54) is 13.0 Å². The Kier molecular flexibility index (Phi) is 5.02. The summed E-state index contributed by atoms with van der Waals surface area (Å²) in [5, 5.41) is 11.3. The Morgan fingerprint density at radius 1 is 1.28 bits per heavy atom. The van der Waals surface area contributed by atoms with Gasteiger partial charge in [0.25, 0.3) is 0 Å². The fraction of sp³-hybridized carbons (Fsp3) is 0.462. The lowest BCUT2D eigenvalue weighted by molar-refractivity contribution is -0.138. The molecule has 0 amide bonds. The van der Waals surface area contributed by atoms with Gasteiger partial charge in [-0.1, -0.05) is 6.07 Å². The van der Waals surface area contributed by atoms with Crippen molar-refractivity contribution in [3.05, 3.63) is 29.3 Å². The van der Waals surface area contributed by atoms with Crippen LogP contribution in [-0.4, -0.2) is 6.54 Å². The smallest absolute Gasteiger partial charge is 0.385 e. The number of aryl methyl sites for hydroxylation is 1. The predicted octanol–water partition coefficient (Wildman–Crippen LogP) is 4.12. The van der Waals surface area contributed by atoms with Crippen molar-refractivity contribution in [2.45, 2.75) is 32.4 Å². The SMILES string of the molecule is Cc1ccc(NCCCCC#N)cc1C(F)(F)F. The Bertz CT molecular complexity index is 433. The van der Waals surface area contributed by atoms with Crippen molar-refractivity contribution >= 4 is 5.69 Å². The Balaban J connectivity index is 2.60. The van der Waals surface area contributed by atoms with Crippen LogP contribution in [0, 0.1) is 18.3 Å². The minimum absolute atomic E-state index is 0.220. The summed E-state index contributed by atoms with van der Waals surface area (Å²) in [4.78, 5) is 0. The van der Waals surface area contributed by atoms with E-state index in [1.807, 2.05) is 6.07 Å². The molecule has 0 bridgehead atoms. The molecular weight excluding hydrogens is 241 g/mol. The molecule has 0 aliphatic rings. The molecule has 1 N–H and O–H groups in total. The van der Waals surface area contributed by atoms with Gasteiger partial charge < -0.3 is 5.32 Å². The van der Waals surface area contributed by atoms with E-state index in [4.69, 9.17) is 5.26 Å². The van der Waals surface area contributed by atoms with Gasteiger partial charge in [0.1, 0.15) is 0 Å². The molecule has 2 nitrogen and oxygen atoms in total. The molecule has 0 atom stereocenters. The van der Waals surface area contributed by atoms with Gasteiger partial charge in [-0.2, -0.15) is 18.4 Å². The van der Waals surface area contributed by atoms with Crippen LogP contribution in [0.5, 0.6) is 0 Å². The highest BCUT2D eigenvalue weighted by atomic mass is 19.4. The zero-order valence-electron chi connectivity index (χ0n) is 10.1. The first kappa shape index (κ1) is 14.4. The molecule has 0 unspecified atom stereocenters. The molecule has 0 fully saturated rings. The Morgan fingerprint density at radius 3 is 2.61 bits per heavy atom. The van der Waals surface area contributed by atoms with E-state index >= 15 is 0 Å². The number of nitriles is 1. The van der Waals surface area contributed by atoms with Crippen LogP contribution in [0.25, 0.3) is 0 Å². The fourth-order valence-corrected chi connectivity index (χ4v) is 1.60. The number of nitrogens with one attached hydrogen (secondary N) is 1. The average Bonchev–Trinajstić information content (AvgIpc) is 2.29. The lowest BCUT2D eigenvalue weighted by Crippen LogP contribution is -2.09. The van der Waals surface area contributed by atoms with Gasteiger partial charge in [0.05, 0.1) is 11.6 Å². The van der Waals surface area contributed by atoms with Crippen LogP contribution < -0.4 is 5.32 Å². The molecule has 98 valence electrons. The summed E-state index contributed by atoms with van der Waals surface area (Å²) in [6.07, 6.45) is -2.32. The number of unbranched alkanes of at least 4 members (excludes halogenated alkanes) is 2. The highest BCUT2D eigenvalue weighted by Crippen LogP contribution is 2.33. The quantitative estimate of drug-likeness (QED) is 0.804. The molecule has 1 aromatic carbocycles. The number of nitrogens with zero attached hydrogens (tertiary/aromatic N) is 1. The second-order valence-electron chi connectivity index (χ2n) is 4.07. The van der Waals surface area contributed by atoms with Crippen molar-refractivity contribution in [1.29, 1.82) is 5.26 Å². The number of hydrogen-bond donors (Lipinski definition) is 1. The highest BCUT2D eigenvalue weighted by Gasteiger charge is 2.32. The minimum atomic E-state index is -4.32. The molecular formula is C13H15F3N2. The second-order valence-corrected chi connectivity index (χ2v) is 4.07. The largest absolute Gasteiger partial charge is 0.416 e. The maximum Gasteiger partial charge on any atom is 0.416 e. The third-order valence-electron chi connectivity index (χ3n) is 2.59. The Hall–Kier alpha value is -1.70. The van der Waals surface area contributed by atoms with Gasteiger partial charge in [-0.3, -0.25) is 0 Å².